The largest absolute Gasteiger partial charge is 0.507 e. The minimum absolute atomic E-state index is 0.0408. The van der Waals surface area contributed by atoms with Crippen LogP contribution in [0.1, 0.15) is 71.2 Å². The molecule has 0 saturated carbocycles. The molecule has 0 aliphatic heterocycles. The molecule has 1 aromatic carbocycles. The maximum absolute atomic E-state index is 10.5. The number of rotatable bonds is 2. The average Bonchev–Trinajstić information content (AvgIpc) is 2.24. The molecule has 4 N–H and O–H groups in total. The summed E-state index contributed by atoms with van der Waals surface area (Å²) in [4.78, 5) is 0. The van der Waals surface area contributed by atoms with Gasteiger partial charge in [0.2, 0.25) is 0 Å². The highest BCUT2D eigenvalue weighted by molar-refractivity contribution is 5.50. The zero-order valence-electron chi connectivity index (χ0n) is 13.8. The van der Waals surface area contributed by atoms with Crippen LogP contribution in [0.25, 0.3) is 0 Å². The van der Waals surface area contributed by atoms with Gasteiger partial charge in [-0.1, -0.05) is 47.6 Å². The molecule has 0 aliphatic rings. The zero-order valence-corrected chi connectivity index (χ0v) is 13.8. The molecule has 0 spiro atoms. The molecule has 0 fully saturated rings. The predicted molar refractivity (Wildman–Crippen MR) is 84.1 cm³/mol. The Bertz CT molecular complexity index is 479. The highest BCUT2D eigenvalue weighted by Crippen LogP contribution is 2.39. The van der Waals surface area contributed by atoms with E-state index in [1.165, 1.54) is 0 Å². The smallest absolute Gasteiger partial charge is 0.124 e. The summed E-state index contributed by atoms with van der Waals surface area (Å²) in [7, 11) is 0. The number of aliphatic hydroxyl groups excluding tert-OH is 1. The second-order valence-electron chi connectivity index (χ2n) is 7.73. The van der Waals surface area contributed by atoms with Crippen LogP contribution in [0.15, 0.2) is 12.1 Å². The molecule has 0 radical (unpaired) electrons. The number of phenols is 1. The minimum atomic E-state index is -0.705. The summed E-state index contributed by atoms with van der Waals surface area (Å²) in [6, 6.07) is 3.38. The van der Waals surface area contributed by atoms with Crippen molar-refractivity contribution in [3.05, 3.63) is 28.8 Å². The lowest BCUT2D eigenvalue weighted by atomic mass is 9.78. The summed E-state index contributed by atoms with van der Waals surface area (Å²) >= 11 is 0. The van der Waals surface area contributed by atoms with Crippen molar-refractivity contribution < 1.29 is 10.2 Å². The van der Waals surface area contributed by atoms with E-state index in [4.69, 9.17) is 5.73 Å². The number of aromatic hydroxyl groups is 1. The fourth-order valence-electron chi connectivity index (χ4n) is 2.18. The molecule has 114 valence electrons. The van der Waals surface area contributed by atoms with Crippen LogP contribution in [0, 0.1) is 0 Å². The Morgan fingerprint density at radius 3 is 1.85 bits per heavy atom. The molecule has 2 atom stereocenters. The van der Waals surface area contributed by atoms with E-state index in [-0.39, 0.29) is 16.6 Å². The molecular weight excluding hydrogens is 250 g/mol. The van der Waals surface area contributed by atoms with E-state index in [2.05, 4.69) is 41.5 Å². The lowest BCUT2D eigenvalue weighted by molar-refractivity contribution is 0.162. The van der Waals surface area contributed by atoms with Crippen LogP contribution in [0.5, 0.6) is 5.75 Å². The molecular formula is C17H29NO2. The molecule has 0 saturated heterocycles. The van der Waals surface area contributed by atoms with Crippen molar-refractivity contribution in [1.82, 2.24) is 0 Å². The summed E-state index contributed by atoms with van der Waals surface area (Å²) in [6.45, 7) is 14.2. The number of benzene rings is 1. The average molecular weight is 279 g/mol. The lowest BCUT2D eigenvalue weighted by Crippen LogP contribution is -2.25. The van der Waals surface area contributed by atoms with Gasteiger partial charge in [0.25, 0.3) is 0 Å². The Kier molecular flexibility index (Phi) is 4.57. The first-order valence-corrected chi connectivity index (χ1v) is 7.17. The lowest BCUT2D eigenvalue weighted by Gasteiger charge is -2.29. The second-order valence-corrected chi connectivity index (χ2v) is 7.73. The zero-order chi connectivity index (χ0) is 15.9. The maximum Gasteiger partial charge on any atom is 0.124 e. The van der Waals surface area contributed by atoms with Gasteiger partial charge in [0.1, 0.15) is 5.75 Å². The van der Waals surface area contributed by atoms with Gasteiger partial charge in [-0.15, -0.1) is 0 Å². The Hall–Kier alpha value is -1.06. The van der Waals surface area contributed by atoms with Crippen LogP contribution in [0.2, 0.25) is 0 Å². The summed E-state index contributed by atoms with van der Waals surface area (Å²) < 4.78 is 0. The van der Waals surface area contributed by atoms with Crippen molar-refractivity contribution in [2.24, 2.45) is 5.73 Å². The van der Waals surface area contributed by atoms with E-state index in [1.807, 2.05) is 12.1 Å². The van der Waals surface area contributed by atoms with Gasteiger partial charge >= 0.3 is 0 Å². The van der Waals surface area contributed by atoms with Gasteiger partial charge in [-0.3, -0.25) is 0 Å². The number of hydrogen-bond acceptors (Lipinski definition) is 3. The number of nitrogens with two attached hydrogens (primary N) is 1. The molecule has 0 amide bonds. The fourth-order valence-corrected chi connectivity index (χ4v) is 2.18. The van der Waals surface area contributed by atoms with Crippen molar-refractivity contribution in [2.45, 2.75) is 71.4 Å². The van der Waals surface area contributed by atoms with Crippen LogP contribution < -0.4 is 5.73 Å². The first kappa shape index (κ1) is 17.0. The van der Waals surface area contributed by atoms with Crippen molar-refractivity contribution in [3.8, 4) is 5.75 Å². The van der Waals surface area contributed by atoms with Crippen LogP contribution >= 0.6 is 0 Å². The molecule has 0 heterocycles. The molecule has 1 aromatic rings. The summed E-state index contributed by atoms with van der Waals surface area (Å²) in [6.07, 6.45) is -0.705. The van der Waals surface area contributed by atoms with E-state index in [1.54, 1.807) is 6.92 Å². The monoisotopic (exact) mass is 279 g/mol. The van der Waals surface area contributed by atoms with Crippen molar-refractivity contribution in [3.63, 3.8) is 0 Å². The topological polar surface area (TPSA) is 66.5 Å². The van der Waals surface area contributed by atoms with Crippen molar-refractivity contribution >= 4 is 0 Å². The van der Waals surface area contributed by atoms with Crippen LogP contribution in [0.3, 0.4) is 0 Å². The van der Waals surface area contributed by atoms with Gasteiger partial charge in [-0.2, -0.15) is 0 Å². The van der Waals surface area contributed by atoms with Crippen LogP contribution in [-0.2, 0) is 10.8 Å². The van der Waals surface area contributed by atoms with Gasteiger partial charge in [0.05, 0.1) is 12.1 Å². The number of aliphatic hydroxyl groups is 1. The summed E-state index contributed by atoms with van der Waals surface area (Å²) in [5.74, 6) is 0.207. The van der Waals surface area contributed by atoms with Crippen LogP contribution in [0.4, 0.5) is 0 Å². The summed E-state index contributed by atoms with van der Waals surface area (Å²) in [5, 5.41) is 20.3. The van der Waals surface area contributed by atoms with Gasteiger partial charge in [0, 0.05) is 5.56 Å². The van der Waals surface area contributed by atoms with E-state index in [0.717, 1.165) is 11.1 Å². The molecule has 0 aromatic heterocycles. The van der Waals surface area contributed by atoms with Crippen molar-refractivity contribution in [1.29, 1.82) is 0 Å². The fraction of sp³-hybridized carbons (Fsp3) is 0.647. The second kappa shape index (κ2) is 5.38. The molecule has 0 aliphatic carbocycles. The minimum Gasteiger partial charge on any atom is -0.507 e. The van der Waals surface area contributed by atoms with Gasteiger partial charge in [-0.25, -0.2) is 0 Å². The Morgan fingerprint density at radius 1 is 1.00 bits per heavy atom. The summed E-state index contributed by atoms with van der Waals surface area (Å²) in [5.41, 5.74) is 8.44. The van der Waals surface area contributed by atoms with E-state index >= 15 is 0 Å². The van der Waals surface area contributed by atoms with Crippen molar-refractivity contribution in [2.75, 3.05) is 0 Å². The molecule has 3 nitrogen and oxygen atoms in total. The molecule has 3 heteroatoms. The number of hydrogen-bond donors (Lipinski definition) is 3. The third-order valence-electron chi connectivity index (χ3n) is 3.69. The van der Waals surface area contributed by atoms with E-state index in [0.29, 0.717) is 5.56 Å². The highest BCUT2D eigenvalue weighted by Gasteiger charge is 2.27. The molecule has 20 heavy (non-hydrogen) atoms. The molecule has 1 rings (SSSR count). The maximum atomic E-state index is 10.5. The Morgan fingerprint density at radius 2 is 1.50 bits per heavy atom. The van der Waals surface area contributed by atoms with E-state index < -0.39 is 12.1 Å². The van der Waals surface area contributed by atoms with Gasteiger partial charge in [-0.05, 0) is 34.9 Å². The first-order chi connectivity index (χ1) is 8.85. The Labute approximate surface area is 122 Å². The third kappa shape index (κ3) is 3.53. The molecule has 0 unspecified atom stereocenters. The quantitative estimate of drug-likeness (QED) is 0.777. The third-order valence-corrected chi connectivity index (χ3v) is 3.69. The predicted octanol–water partition coefficient (Wildman–Crippen LogP) is 3.37. The standard InChI is InChI=1S/C17H29NO2/c1-10(19)14(18)12-8-11(16(2,3)4)9-13(15(12)20)17(5,6)7/h8-10,14,19-20H,18H2,1-7H3/t10-,14-/m1/s1. The molecule has 0 bridgehead atoms. The first-order valence-electron chi connectivity index (χ1n) is 7.17. The van der Waals surface area contributed by atoms with E-state index in [9.17, 15) is 10.2 Å². The van der Waals surface area contributed by atoms with Crippen LogP contribution in [-0.4, -0.2) is 16.3 Å². The highest BCUT2D eigenvalue weighted by atomic mass is 16.3. The van der Waals surface area contributed by atoms with Gasteiger partial charge in [0.15, 0.2) is 0 Å². The number of phenolic OH excluding ortho intramolecular Hbond substituents is 1. The Balaban J connectivity index is 3.60. The van der Waals surface area contributed by atoms with Gasteiger partial charge < -0.3 is 15.9 Å². The normalized spacial score (nSPS) is 16.1. The SMILES string of the molecule is C[C@@H](O)[C@@H](N)c1cc(C(C)(C)C)cc(C(C)(C)C)c1O.